The molecule has 1 aliphatic heterocycles. The maximum absolute atomic E-state index is 13.3. The molecule has 0 saturated carbocycles. The van der Waals surface area contributed by atoms with Crippen LogP contribution in [0, 0.1) is 5.82 Å². The van der Waals surface area contributed by atoms with E-state index in [4.69, 9.17) is 4.74 Å². The monoisotopic (exact) mass is 295 g/mol. The van der Waals surface area contributed by atoms with Crippen molar-refractivity contribution in [2.45, 2.75) is 6.54 Å². The van der Waals surface area contributed by atoms with Crippen molar-refractivity contribution in [2.24, 2.45) is 0 Å². The van der Waals surface area contributed by atoms with Gasteiger partial charge in [0.15, 0.2) is 0 Å². The maximum atomic E-state index is 13.3. The first-order valence-electron chi connectivity index (χ1n) is 7.09. The van der Waals surface area contributed by atoms with Crippen LogP contribution >= 0.6 is 0 Å². The van der Waals surface area contributed by atoms with Crippen LogP contribution < -0.4 is 10.1 Å². The molecule has 5 nitrogen and oxygen atoms in total. The fourth-order valence-corrected chi connectivity index (χ4v) is 2.46. The first-order valence-corrected chi connectivity index (χ1v) is 7.09. The summed E-state index contributed by atoms with van der Waals surface area (Å²) in [6.45, 7) is 3.96. The number of nitrogens with zero attached hydrogens (tertiary/aromatic N) is 2. The van der Waals surface area contributed by atoms with Crippen LogP contribution in [0.2, 0.25) is 0 Å². The fraction of sp³-hybridized carbons (Fsp3) is 0.533. The highest BCUT2D eigenvalue weighted by Crippen LogP contribution is 2.20. The summed E-state index contributed by atoms with van der Waals surface area (Å²) >= 11 is 0. The van der Waals surface area contributed by atoms with Crippen LogP contribution in [0.5, 0.6) is 5.75 Å². The normalized spacial score (nSPS) is 15.3. The van der Waals surface area contributed by atoms with E-state index in [0.29, 0.717) is 18.8 Å². The minimum Gasteiger partial charge on any atom is -0.496 e. The molecular weight excluding hydrogens is 273 g/mol. The van der Waals surface area contributed by atoms with Crippen molar-refractivity contribution in [1.82, 2.24) is 15.1 Å². The van der Waals surface area contributed by atoms with E-state index in [1.807, 2.05) is 16.8 Å². The van der Waals surface area contributed by atoms with Gasteiger partial charge in [-0.05, 0) is 25.2 Å². The van der Waals surface area contributed by atoms with Crippen LogP contribution in [0.1, 0.15) is 5.56 Å². The zero-order chi connectivity index (χ0) is 15.2. The number of benzene rings is 1. The summed E-state index contributed by atoms with van der Waals surface area (Å²) < 4.78 is 18.6. The number of ether oxygens (including phenoxy) is 1. The van der Waals surface area contributed by atoms with Gasteiger partial charge >= 0.3 is 0 Å². The number of piperazine rings is 1. The zero-order valence-corrected chi connectivity index (χ0v) is 12.6. The van der Waals surface area contributed by atoms with Crippen LogP contribution in [0.4, 0.5) is 4.39 Å². The molecular formula is C15H22FN3O2. The van der Waals surface area contributed by atoms with Crippen molar-refractivity contribution >= 4 is 5.91 Å². The van der Waals surface area contributed by atoms with Crippen molar-refractivity contribution in [3.63, 3.8) is 0 Å². The molecule has 0 atom stereocenters. The van der Waals surface area contributed by atoms with Crippen molar-refractivity contribution in [3.8, 4) is 5.75 Å². The summed E-state index contributed by atoms with van der Waals surface area (Å²) in [5, 5.41) is 3.22. The van der Waals surface area contributed by atoms with Crippen molar-refractivity contribution in [1.29, 1.82) is 0 Å². The Kier molecular flexibility index (Phi) is 5.52. The number of rotatable bonds is 5. The highest BCUT2D eigenvalue weighted by atomic mass is 19.1. The third-order valence-electron chi connectivity index (χ3n) is 3.56. The summed E-state index contributed by atoms with van der Waals surface area (Å²) in [5.41, 5.74) is 0.744. The van der Waals surface area contributed by atoms with E-state index in [9.17, 15) is 9.18 Å². The molecule has 6 heteroatoms. The van der Waals surface area contributed by atoms with E-state index in [0.717, 1.165) is 31.7 Å². The molecule has 1 aromatic carbocycles. The van der Waals surface area contributed by atoms with E-state index >= 15 is 0 Å². The van der Waals surface area contributed by atoms with Crippen molar-refractivity contribution in [2.75, 3.05) is 46.9 Å². The Labute approximate surface area is 124 Å². The standard InChI is InChI=1S/C15H22FN3O2/c1-18(11-15(20)19-7-5-17-6-8-19)10-12-9-13(16)3-4-14(12)21-2/h3-4,9,17H,5-8,10-11H2,1-2H3. The average molecular weight is 295 g/mol. The Balaban J connectivity index is 1.93. The third kappa shape index (κ3) is 4.41. The van der Waals surface area contributed by atoms with Crippen LogP contribution in [-0.2, 0) is 11.3 Å². The van der Waals surface area contributed by atoms with E-state index in [-0.39, 0.29) is 11.7 Å². The SMILES string of the molecule is COc1ccc(F)cc1CN(C)CC(=O)N1CCNCC1. The Morgan fingerprint density at radius 3 is 2.81 bits per heavy atom. The van der Waals surface area contributed by atoms with Gasteiger partial charge in [-0.3, -0.25) is 9.69 Å². The molecule has 116 valence electrons. The Bertz CT molecular complexity index is 490. The molecule has 0 spiro atoms. The number of nitrogens with one attached hydrogen (secondary N) is 1. The lowest BCUT2D eigenvalue weighted by Gasteiger charge is -2.29. The van der Waals surface area contributed by atoms with Crippen LogP contribution in [-0.4, -0.2) is 62.6 Å². The molecule has 1 amide bonds. The number of likely N-dealkylation sites (N-methyl/N-ethyl adjacent to an activating group) is 1. The second kappa shape index (κ2) is 7.38. The van der Waals surface area contributed by atoms with Gasteiger partial charge in [0.05, 0.1) is 13.7 Å². The number of hydrogen-bond donors (Lipinski definition) is 1. The molecule has 0 aliphatic carbocycles. The molecule has 1 N–H and O–H groups in total. The molecule has 1 aliphatic rings. The van der Waals surface area contributed by atoms with E-state index in [2.05, 4.69) is 5.32 Å². The van der Waals surface area contributed by atoms with Crippen LogP contribution in [0.25, 0.3) is 0 Å². The Morgan fingerprint density at radius 1 is 1.43 bits per heavy atom. The van der Waals surface area contributed by atoms with Crippen LogP contribution in [0.15, 0.2) is 18.2 Å². The molecule has 1 fully saturated rings. The number of hydrogen-bond acceptors (Lipinski definition) is 4. The summed E-state index contributed by atoms with van der Waals surface area (Å²) in [7, 11) is 3.41. The molecule has 0 bridgehead atoms. The number of carbonyl (C=O) groups is 1. The second-order valence-corrected chi connectivity index (χ2v) is 5.26. The minimum absolute atomic E-state index is 0.106. The summed E-state index contributed by atoms with van der Waals surface area (Å²) in [5.74, 6) is 0.444. The van der Waals surface area contributed by atoms with Gasteiger partial charge in [-0.25, -0.2) is 4.39 Å². The number of amides is 1. The summed E-state index contributed by atoms with van der Waals surface area (Å²) in [6.07, 6.45) is 0. The number of methoxy groups -OCH3 is 1. The molecule has 0 aromatic heterocycles. The lowest BCUT2D eigenvalue weighted by atomic mass is 10.2. The molecule has 2 rings (SSSR count). The van der Waals surface area contributed by atoms with E-state index in [1.165, 1.54) is 12.1 Å². The van der Waals surface area contributed by atoms with Crippen LogP contribution in [0.3, 0.4) is 0 Å². The lowest BCUT2D eigenvalue weighted by molar-refractivity contribution is -0.132. The number of halogens is 1. The topological polar surface area (TPSA) is 44.8 Å². The second-order valence-electron chi connectivity index (χ2n) is 5.26. The predicted molar refractivity (Wildman–Crippen MR) is 78.7 cm³/mol. The highest BCUT2D eigenvalue weighted by molar-refractivity contribution is 5.78. The third-order valence-corrected chi connectivity index (χ3v) is 3.56. The Morgan fingerprint density at radius 2 is 2.14 bits per heavy atom. The molecule has 1 aromatic rings. The molecule has 21 heavy (non-hydrogen) atoms. The average Bonchev–Trinajstić information content (AvgIpc) is 2.48. The predicted octanol–water partition coefficient (Wildman–Crippen LogP) is 0.698. The van der Waals surface area contributed by atoms with Gasteiger partial charge in [-0.1, -0.05) is 0 Å². The van der Waals surface area contributed by atoms with Gasteiger partial charge in [0.2, 0.25) is 5.91 Å². The van der Waals surface area contributed by atoms with E-state index in [1.54, 1.807) is 13.2 Å². The van der Waals surface area contributed by atoms with Gasteiger partial charge in [-0.2, -0.15) is 0 Å². The van der Waals surface area contributed by atoms with Gasteiger partial charge in [-0.15, -0.1) is 0 Å². The quantitative estimate of drug-likeness (QED) is 0.868. The van der Waals surface area contributed by atoms with Gasteiger partial charge in [0, 0.05) is 38.3 Å². The molecule has 1 saturated heterocycles. The lowest BCUT2D eigenvalue weighted by Crippen LogP contribution is -2.49. The summed E-state index contributed by atoms with van der Waals surface area (Å²) in [6, 6.07) is 4.43. The summed E-state index contributed by atoms with van der Waals surface area (Å²) in [4.78, 5) is 15.9. The molecule has 0 radical (unpaired) electrons. The van der Waals surface area contributed by atoms with Crippen molar-refractivity contribution in [3.05, 3.63) is 29.6 Å². The minimum atomic E-state index is -0.298. The number of carbonyl (C=O) groups excluding carboxylic acids is 1. The fourth-order valence-electron chi connectivity index (χ4n) is 2.46. The van der Waals surface area contributed by atoms with Crippen molar-refractivity contribution < 1.29 is 13.9 Å². The zero-order valence-electron chi connectivity index (χ0n) is 12.6. The smallest absolute Gasteiger partial charge is 0.236 e. The van der Waals surface area contributed by atoms with Gasteiger partial charge in [0.1, 0.15) is 11.6 Å². The first kappa shape index (κ1) is 15.7. The highest BCUT2D eigenvalue weighted by Gasteiger charge is 2.18. The molecule has 0 unspecified atom stereocenters. The molecule has 1 heterocycles. The largest absolute Gasteiger partial charge is 0.496 e. The van der Waals surface area contributed by atoms with Gasteiger partial charge < -0.3 is 15.0 Å². The van der Waals surface area contributed by atoms with Gasteiger partial charge in [0.25, 0.3) is 0 Å². The maximum Gasteiger partial charge on any atom is 0.236 e. The Hall–Kier alpha value is -1.66. The van der Waals surface area contributed by atoms with E-state index < -0.39 is 0 Å². The first-order chi connectivity index (χ1) is 10.1.